The highest BCUT2D eigenvalue weighted by Gasteiger charge is 2.11. The van der Waals surface area contributed by atoms with Crippen molar-refractivity contribution in [2.75, 3.05) is 32.0 Å². The molecule has 0 aliphatic heterocycles. The number of nitrogens with one attached hydrogen (secondary N) is 2. The second-order valence-corrected chi connectivity index (χ2v) is 5.80. The van der Waals surface area contributed by atoms with E-state index in [0.717, 1.165) is 11.4 Å². The number of aromatic nitrogens is 1. The molecule has 0 unspecified atom stereocenters. The van der Waals surface area contributed by atoms with Gasteiger partial charge in [-0.1, -0.05) is 0 Å². The monoisotopic (exact) mass is 379 g/mol. The number of hydrogen-bond acceptors (Lipinski definition) is 6. The lowest BCUT2D eigenvalue weighted by Crippen LogP contribution is -2.13. The second kappa shape index (κ2) is 8.77. The molecule has 1 aromatic heterocycles. The molecule has 0 bridgehead atoms. The Morgan fingerprint density at radius 2 is 1.54 bits per heavy atom. The van der Waals surface area contributed by atoms with Crippen molar-refractivity contribution < 1.29 is 19.0 Å². The van der Waals surface area contributed by atoms with Gasteiger partial charge >= 0.3 is 0 Å². The van der Waals surface area contributed by atoms with Gasteiger partial charge < -0.3 is 24.8 Å². The standard InChI is InChI=1S/C21H21N3O4/c1-26-16-6-4-14(5-7-16)24-21(25)19-12-15(10-11-22-19)23-18-13-17(27-2)8-9-20(18)28-3/h4-13H,1-3H3,(H,22,23)(H,24,25). The fourth-order valence-corrected chi connectivity index (χ4v) is 2.57. The Morgan fingerprint density at radius 3 is 2.21 bits per heavy atom. The molecule has 144 valence electrons. The summed E-state index contributed by atoms with van der Waals surface area (Å²) in [5.74, 6) is 1.75. The number of ether oxygens (including phenoxy) is 3. The van der Waals surface area contributed by atoms with E-state index >= 15 is 0 Å². The number of nitrogens with zero attached hydrogens (tertiary/aromatic N) is 1. The zero-order valence-corrected chi connectivity index (χ0v) is 15.9. The molecule has 0 saturated carbocycles. The molecule has 0 spiro atoms. The van der Waals surface area contributed by atoms with Gasteiger partial charge in [-0.25, -0.2) is 0 Å². The van der Waals surface area contributed by atoms with Crippen molar-refractivity contribution in [2.24, 2.45) is 0 Å². The van der Waals surface area contributed by atoms with E-state index in [1.165, 1.54) is 0 Å². The summed E-state index contributed by atoms with van der Waals surface area (Å²) in [6.45, 7) is 0. The van der Waals surface area contributed by atoms with Crippen LogP contribution in [0.1, 0.15) is 10.5 Å². The Labute approximate surface area is 163 Å². The Kier molecular flexibility index (Phi) is 5.96. The van der Waals surface area contributed by atoms with E-state index in [1.54, 1.807) is 70.0 Å². The lowest BCUT2D eigenvalue weighted by Gasteiger charge is -2.13. The number of carbonyl (C=O) groups excluding carboxylic acids is 1. The minimum absolute atomic E-state index is 0.280. The van der Waals surface area contributed by atoms with Crippen LogP contribution in [0.15, 0.2) is 60.8 Å². The number of anilines is 3. The number of hydrogen-bond donors (Lipinski definition) is 2. The maximum Gasteiger partial charge on any atom is 0.274 e. The Hall–Kier alpha value is -3.74. The fourth-order valence-electron chi connectivity index (χ4n) is 2.57. The van der Waals surface area contributed by atoms with Crippen molar-refractivity contribution in [3.05, 3.63) is 66.5 Å². The van der Waals surface area contributed by atoms with Gasteiger partial charge in [0.15, 0.2) is 0 Å². The number of amides is 1. The normalized spacial score (nSPS) is 10.1. The van der Waals surface area contributed by atoms with E-state index in [9.17, 15) is 4.79 Å². The van der Waals surface area contributed by atoms with Crippen molar-refractivity contribution in [2.45, 2.75) is 0 Å². The Morgan fingerprint density at radius 1 is 0.821 bits per heavy atom. The summed E-state index contributed by atoms with van der Waals surface area (Å²) in [7, 11) is 4.78. The van der Waals surface area contributed by atoms with Crippen molar-refractivity contribution in [3.8, 4) is 17.2 Å². The van der Waals surface area contributed by atoms with Crippen LogP contribution in [-0.4, -0.2) is 32.2 Å². The summed E-state index contributed by atoms with van der Waals surface area (Å²) >= 11 is 0. The topological polar surface area (TPSA) is 81.7 Å². The third-order valence-electron chi connectivity index (χ3n) is 4.03. The van der Waals surface area contributed by atoms with Crippen LogP contribution in [0.5, 0.6) is 17.2 Å². The van der Waals surface area contributed by atoms with E-state index in [4.69, 9.17) is 14.2 Å². The fraction of sp³-hybridized carbons (Fsp3) is 0.143. The molecule has 7 nitrogen and oxygen atoms in total. The first kappa shape index (κ1) is 19.0. The van der Waals surface area contributed by atoms with Gasteiger partial charge in [0.05, 0.1) is 27.0 Å². The van der Waals surface area contributed by atoms with Crippen LogP contribution in [0, 0.1) is 0 Å². The quantitative estimate of drug-likeness (QED) is 0.643. The first-order chi connectivity index (χ1) is 13.6. The molecular formula is C21H21N3O4. The van der Waals surface area contributed by atoms with Gasteiger partial charge in [0.1, 0.15) is 22.9 Å². The van der Waals surface area contributed by atoms with Crippen LogP contribution in [-0.2, 0) is 0 Å². The van der Waals surface area contributed by atoms with Gasteiger partial charge in [0.2, 0.25) is 0 Å². The molecule has 0 atom stereocenters. The molecule has 3 aromatic rings. The highest BCUT2D eigenvalue weighted by Crippen LogP contribution is 2.31. The van der Waals surface area contributed by atoms with E-state index in [1.807, 2.05) is 12.1 Å². The number of rotatable bonds is 7. The number of methoxy groups -OCH3 is 3. The van der Waals surface area contributed by atoms with Crippen molar-refractivity contribution in [1.82, 2.24) is 4.98 Å². The molecule has 3 rings (SSSR count). The summed E-state index contributed by atoms with van der Waals surface area (Å²) in [5, 5.41) is 6.04. The molecule has 28 heavy (non-hydrogen) atoms. The molecule has 0 aliphatic rings. The molecule has 1 amide bonds. The van der Waals surface area contributed by atoms with Crippen molar-refractivity contribution in [1.29, 1.82) is 0 Å². The highest BCUT2D eigenvalue weighted by atomic mass is 16.5. The molecule has 0 aliphatic carbocycles. The number of pyridine rings is 1. The average Bonchev–Trinajstić information content (AvgIpc) is 2.74. The largest absolute Gasteiger partial charge is 0.497 e. The molecular weight excluding hydrogens is 358 g/mol. The van der Waals surface area contributed by atoms with Gasteiger partial charge in [-0.15, -0.1) is 0 Å². The second-order valence-electron chi connectivity index (χ2n) is 5.80. The van der Waals surface area contributed by atoms with E-state index in [-0.39, 0.29) is 11.6 Å². The predicted octanol–water partition coefficient (Wildman–Crippen LogP) is 4.10. The molecule has 7 heteroatoms. The van der Waals surface area contributed by atoms with Crippen LogP contribution < -0.4 is 24.8 Å². The summed E-state index contributed by atoms with van der Waals surface area (Å²) < 4.78 is 15.7. The van der Waals surface area contributed by atoms with Gasteiger partial charge in [-0.3, -0.25) is 9.78 Å². The van der Waals surface area contributed by atoms with E-state index in [0.29, 0.717) is 22.9 Å². The zero-order chi connectivity index (χ0) is 19.9. The van der Waals surface area contributed by atoms with Gasteiger partial charge in [-0.05, 0) is 48.5 Å². The SMILES string of the molecule is COc1ccc(NC(=O)c2cc(Nc3cc(OC)ccc3OC)ccn2)cc1. The summed E-state index contributed by atoms with van der Waals surface area (Å²) in [6.07, 6.45) is 1.57. The first-order valence-corrected chi connectivity index (χ1v) is 8.53. The smallest absolute Gasteiger partial charge is 0.274 e. The van der Waals surface area contributed by atoms with Crippen molar-refractivity contribution >= 4 is 23.0 Å². The third-order valence-corrected chi connectivity index (χ3v) is 4.03. The lowest BCUT2D eigenvalue weighted by atomic mass is 10.2. The maximum atomic E-state index is 12.5. The van der Waals surface area contributed by atoms with Crippen molar-refractivity contribution in [3.63, 3.8) is 0 Å². The minimum atomic E-state index is -0.313. The lowest BCUT2D eigenvalue weighted by molar-refractivity contribution is 0.102. The minimum Gasteiger partial charge on any atom is -0.497 e. The predicted molar refractivity (Wildman–Crippen MR) is 108 cm³/mol. The molecule has 2 N–H and O–H groups in total. The summed E-state index contributed by atoms with van der Waals surface area (Å²) in [4.78, 5) is 16.7. The number of benzene rings is 2. The molecule has 0 saturated heterocycles. The Bertz CT molecular complexity index is 958. The zero-order valence-electron chi connectivity index (χ0n) is 15.9. The van der Waals surface area contributed by atoms with Crippen LogP contribution in [0.25, 0.3) is 0 Å². The molecule has 1 heterocycles. The van der Waals surface area contributed by atoms with Crippen LogP contribution >= 0.6 is 0 Å². The molecule has 0 radical (unpaired) electrons. The highest BCUT2D eigenvalue weighted by molar-refractivity contribution is 6.03. The number of carbonyl (C=O) groups is 1. The van der Waals surface area contributed by atoms with Crippen LogP contribution in [0.3, 0.4) is 0 Å². The Balaban J connectivity index is 1.77. The van der Waals surface area contributed by atoms with Crippen LogP contribution in [0.4, 0.5) is 17.1 Å². The van der Waals surface area contributed by atoms with Gasteiger partial charge in [0, 0.05) is 23.6 Å². The van der Waals surface area contributed by atoms with Gasteiger partial charge in [0.25, 0.3) is 5.91 Å². The maximum absolute atomic E-state index is 12.5. The van der Waals surface area contributed by atoms with E-state index in [2.05, 4.69) is 15.6 Å². The molecule has 2 aromatic carbocycles. The molecule has 0 fully saturated rings. The van der Waals surface area contributed by atoms with Crippen LogP contribution in [0.2, 0.25) is 0 Å². The average molecular weight is 379 g/mol. The third kappa shape index (κ3) is 4.50. The summed E-state index contributed by atoms with van der Waals surface area (Å²) in [5.41, 5.74) is 2.35. The van der Waals surface area contributed by atoms with Gasteiger partial charge in [-0.2, -0.15) is 0 Å². The van der Waals surface area contributed by atoms with E-state index < -0.39 is 0 Å². The first-order valence-electron chi connectivity index (χ1n) is 8.53. The summed E-state index contributed by atoms with van der Waals surface area (Å²) in [6, 6.07) is 15.9.